The molecule has 4 amide bonds. The maximum atomic E-state index is 13.6. The number of nitrogens with zero attached hydrogens (tertiary/aromatic N) is 4. The van der Waals surface area contributed by atoms with E-state index in [9.17, 15) is 19.2 Å². The van der Waals surface area contributed by atoms with Crippen LogP contribution in [0.15, 0.2) is 65.3 Å². The summed E-state index contributed by atoms with van der Waals surface area (Å²) < 4.78 is 15.9. The first-order chi connectivity index (χ1) is 27.8. The molecule has 5 heterocycles. The summed E-state index contributed by atoms with van der Waals surface area (Å²) in [6, 6.07) is 14.6. The number of imidazole rings is 2. The number of rotatable bonds is 11. The van der Waals surface area contributed by atoms with Gasteiger partial charge in [-0.1, -0.05) is 24.3 Å². The molecule has 57 heavy (non-hydrogen) atoms. The van der Waals surface area contributed by atoms with Crippen molar-refractivity contribution in [3.8, 4) is 33.8 Å². The molecule has 3 aromatic heterocycles. The smallest absolute Gasteiger partial charge is 0.407 e. The lowest BCUT2D eigenvalue weighted by Gasteiger charge is -2.28. The highest BCUT2D eigenvalue weighted by molar-refractivity contribution is 5.89. The van der Waals surface area contributed by atoms with E-state index < -0.39 is 24.3 Å². The molecule has 15 heteroatoms. The van der Waals surface area contributed by atoms with Gasteiger partial charge in [-0.2, -0.15) is 0 Å². The van der Waals surface area contributed by atoms with Gasteiger partial charge in [0.05, 0.1) is 50.1 Å². The number of alkyl carbamates (subject to hydrolysis) is 2. The van der Waals surface area contributed by atoms with Crippen molar-refractivity contribution >= 4 is 35.0 Å². The number of hydrogen-bond donors (Lipinski definition) is 4. The first-order valence-corrected chi connectivity index (χ1v) is 19.8. The van der Waals surface area contributed by atoms with Crippen LogP contribution in [0, 0.1) is 11.8 Å². The van der Waals surface area contributed by atoms with Crippen molar-refractivity contribution in [3.05, 3.63) is 72.6 Å². The molecule has 4 N–H and O–H groups in total. The summed E-state index contributed by atoms with van der Waals surface area (Å²) in [5.41, 5.74) is 5.28. The average Bonchev–Trinajstić information content (AvgIpc) is 3.82. The van der Waals surface area contributed by atoms with E-state index in [1.165, 1.54) is 14.2 Å². The summed E-state index contributed by atoms with van der Waals surface area (Å²) in [6.07, 6.45) is 9.36. The third-order valence-corrected chi connectivity index (χ3v) is 11.8. The van der Waals surface area contributed by atoms with Crippen LogP contribution in [0.3, 0.4) is 0 Å². The second-order valence-electron chi connectivity index (χ2n) is 15.6. The van der Waals surface area contributed by atoms with Crippen molar-refractivity contribution in [2.24, 2.45) is 11.8 Å². The van der Waals surface area contributed by atoms with Crippen molar-refractivity contribution in [1.29, 1.82) is 0 Å². The quantitative estimate of drug-likeness (QED) is 0.117. The summed E-state index contributed by atoms with van der Waals surface area (Å²) in [6.45, 7) is 1.23. The molecule has 0 unspecified atom stereocenters. The third kappa shape index (κ3) is 7.33. The Hall–Kier alpha value is -6.12. The second-order valence-corrected chi connectivity index (χ2v) is 15.6. The van der Waals surface area contributed by atoms with Gasteiger partial charge in [-0.15, -0.1) is 0 Å². The van der Waals surface area contributed by atoms with Gasteiger partial charge in [0.1, 0.15) is 35.1 Å². The molecule has 4 atom stereocenters. The van der Waals surface area contributed by atoms with E-state index in [4.69, 9.17) is 18.9 Å². The first-order valence-electron chi connectivity index (χ1n) is 19.8. The van der Waals surface area contributed by atoms with Gasteiger partial charge in [0.15, 0.2) is 0 Å². The van der Waals surface area contributed by atoms with E-state index in [1.54, 1.807) is 12.4 Å². The topological polar surface area (TPSA) is 188 Å². The molecule has 4 aliphatic rings. The number of H-pyrrole nitrogens is 2. The number of hydrogen-bond acceptors (Lipinski definition) is 9. The summed E-state index contributed by atoms with van der Waals surface area (Å²) >= 11 is 0. The fraction of sp³-hybridized carbons (Fsp3) is 0.429. The molecule has 4 fully saturated rings. The fourth-order valence-corrected chi connectivity index (χ4v) is 8.45. The highest BCUT2D eigenvalue weighted by Gasteiger charge is 2.44. The van der Waals surface area contributed by atoms with Crippen molar-refractivity contribution in [1.82, 2.24) is 40.4 Å². The van der Waals surface area contributed by atoms with E-state index in [2.05, 4.69) is 31.7 Å². The Labute approximate surface area is 328 Å². The fourth-order valence-electron chi connectivity index (χ4n) is 8.45. The Balaban J connectivity index is 0.873. The maximum absolute atomic E-state index is 13.6. The van der Waals surface area contributed by atoms with E-state index in [0.29, 0.717) is 13.1 Å². The standard InChI is InChI=1S/C42H46N8O7/c1-55-41(53)47-35(25-11-12-25)39(51)49-17-3-5-31(49)37-43-21-29(45-37)23-7-9-24(10-8-23)34-20-28-19-27(15-16-33(28)57-34)30-22-44-38(46-30)32-6-4-18-50(32)40(52)36(26-13-14-26)48-42(54)56-2/h7-10,15-16,19-22,25-26,31-32,35-36H,3-6,11-14,17-18H2,1-2H3,(H,43,45)(H,44,46)(H,47,53)(H,48,54)/t31-,32-,35-,36-/m0/s1. The zero-order chi connectivity index (χ0) is 39.2. The van der Waals surface area contributed by atoms with Crippen molar-refractivity contribution < 1.29 is 33.1 Å². The zero-order valence-corrected chi connectivity index (χ0v) is 32.0. The van der Waals surface area contributed by atoms with Gasteiger partial charge >= 0.3 is 12.2 Å². The number of likely N-dealkylation sites (tertiary alicyclic amines) is 2. The number of amides is 4. The number of aromatic nitrogens is 4. The molecular weight excluding hydrogens is 729 g/mol. The van der Waals surface area contributed by atoms with Crippen molar-refractivity contribution in [2.75, 3.05) is 27.3 Å². The minimum Gasteiger partial charge on any atom is -0.456 e. The second kappa shape index (κ2) is 15.1. The van der Waals surface area contributed by atoms with Crippen LogP contribution in [0.1, 0.15) is 75.1 Å². The summed E-state index contributed by atoms with van der Waals surface area (Å²) in [5, 5.41) is 6.46. The monoisotopic (exact) mass is 774 g/mol. The molecule has 15 nitrogen and oxygen atoms in total. The normalized spacial score (nSPS) is 20.4. The number of methoxy groups -OCH3 is 2. The van der Waals surface area contributed by atoms with Gasteiger partial charge in [0, 0.05) is 29.6 Å². The number of furan rings is 1. The lowest BCUT2D eigenvalue weighted by atomic mass is 10.1. The van der Waals surface area contributed by atoms with Crippen LogP contribution in [0.25, 0.3) is 44.8 Å². The van der Waals surface area contributed by atoms with Gasteiger partial charge in [-0.05, 0) is 93.0 Å². The molecule has 0 spiro atoms. The third-order valence-electron chi connectivity index (χ3n) is 11.8. The summed E-state index contributed by atoms with van der Waals surface area (Å²) in [4.78, 5) is 71.2. The Morgan fingerprint density at radius 3 is 1.68 bits per heavy atom. The van der Waals surface area contributed by atoms with Gasteiger partial charge in [0.2, 0.25) is 11.8 Å². The number of ether oxygens (including phenoxy) is 2. The molecule has 2 aromatic carbocycles. The number of nitrogens with one attached hydrogen (secondary N) is 4. The SMILES string of the molecule is COC(=O)N[C@H](C(=O)N1CCC[C@H]1c1ncc(-c2ccc(-c3cc4cc(-c5cnc([C@@H]6CCCN6C(=O)[C@@H](NC(=O)OC)C6CC6)[nH]5)ccc4o3)cc2)[nH]1)C1CC1. The molecule has 9 rings (SSSR count). The van der Waals surface area contributed by atoms with Crippen LogP contribution in [-0.2, 0) is 19.1 Å². The Kier molecular flexibility index (Phi) is 9.66. The molecule has 2 saturated carbocycles. The first kappa shape index (κ1) is 36.5. The lowest BCUT2D eigenvalue weighted by molar-refractivity contribution is -0.135. The summed E-state index contributed by atoms with van der Waals surface area (Å²) in [5.74, 6) is 2.30. The predicted octanol–water partition coefficient (Wildman–Crippen LogP) is 6.48. The number of carbonyl (C=O) groups is 4. The number of aromatic amines is 2. The van der Waals surface area contributed by atoms with E-state index in [0.717, 1.165) is 108 Å². The number of carbonyl (C=O) groups excluding carboxylic acids is 4. The average molecular weight is 775 g/mol. The van der Waals surface area contributed by atoms with Gasteiger partial charge in [-0.3, -0.25) is 9.59 Å². The van der Waals surface area contributed by atoms with E-state index in [1.807, 2.05) is 52.3 Å². The van der Waals surface area contributed by atoms with E-state index in [-0.39, 0.29) is 35.7 Å². The minimum absolute atomic E-state index is 0.0850. The van der Waals surface area contributed by atoms with E-state index >= 15 is 0 Å². The highest BCUT2D eigenvalue weighted by atomic mass is 16.5. The molecule has 296 valence electrons. The molecule has 5 aromatic rings. The lowest BCUT2D eigenvalue weighted by Crippen LogP contribution is -2.49. The van der Waals surface area contributed by atoms with Gasteiger partial charge < -0.3 is 44.3 Å². The van der Waals surface area contributed by atoms with Crippen LogP contribution in [0.2, 0.25) is 0 Å². The van der Waals surface area contributed by atoms with Crippen LogP contribution in [0.5, 0.6) is 0 Å². The van der Waals surface area contributed by atoms with Gasteiger partial charge in [-0.25, -0.2) is 19.6 Å². The molecule has 2 aliphatic heterocycles. The molecule has 2 aliphatic carbocycles. The Morgan fingerprint density at radius 1 is 0.684 bits per heavy atom. The van der Waals surface area contributed by atoms with Crippen LogP contribution >= 0.6 is 0 Å². The minimum atomic E-state index is -0.590. The van der Waals surface area contributed by atoms with Gasteiger partial charge in [0.25, 0.3) is 0 Å². The van der Waals surface area contributed by atoms with Crippen LogP contribution in [-0.4, -0.2) is 93.1 Å². The molecule has 2 saturated heterocycles. The van der Waals surface area contributed by atoms with Crippen LogP contribution in [0.4, 0.5) is 9.59 Å². The highest BCUT2D eigenvalue weighted by Crippen LogP contribution is 2.40. The molecular formula is C42H46N8O7. The Morgan fingerprint density at radius 2 is 1.18 bits per heavy atom. The van der Waals surface area contributed by atoms with Crippen LogP contribution < -0.4 is 10.6 Å². The maximum Gasteiger partial charge on any atom is 0.407 e. The summed E-state index contributed by atoms with van der Waals surface area (Å²) in [7, 11) is 2.61. The largest absolute Gasteiger partial charge is 0.456 e. The predicted molar refractivity (Wildman–Crippen MR) is 208 cm³/mol. The van der Waals surface area contributed by atoms with Crippen molar-refractivity contribution in [3.63, 3.8) is 0 Å². The Bertz CT molecular complexity index is 2310. The number of benzene rings is 2. The van der Waals surface area contributed by atoms with Crippen molar-refractivity contribution in [2.45, 2.75) is 75.5 Å². The zero-order valence-electron chi connectivity index (χ0n) is 32.0. The number of fused-ring (bicyclic) bond motifs is 1. The molecule has 0 bridgehead atoms. The molecule has 0 radical (unpaired) electrons.